The number of aromatic nitrogens is 1. The number of alkyl halides is 4. The first-order chi connectivity index (χ1) is 15.3. The number of halogens is 6. The van der Waals surface area contributed by atoms with E-state index in [2.05, 4.69) is 15.3 Å². The van der Waals surface area contributed by atoms with Gasteiger partial charge >= 0.3 is 6.18 Å². The van der Waals surface area contributed by atoms with Crippen molar-refractivity contribution in [3.8, 4) is 0 Å². The molecule has 0 radical (unpaired) electrons. The molecule has 2 heterocycles. The number of anilines is 1. The van der Waals surface area contributed by atoms with E-state index in [4.69, 9.17) is 10.5 Å². The fourth-order valence-electron chi connectivity index (χ4n) is 3.67. The van der Waals surface area contributed by atoms with Gasteiger partial charge in [0.1, 0.15) is 24.0 Å². The lowest BCUT2D eigenvalue weighted by atomic mass is 9.76. The third-order valence-electron chi connectivity index (χ3n) is 5.65. The molecule has 1 aromatic carbocycles. The van der Waals surface area contributed by atoms with E-state index in [0.717, 1.165) is 12.1 Å². The number of nitrogens with two attached hydrogens (primary N) is 1. The molecule has 12 heteroatoms. The first-order valence-corrected chi connectivity index (χ1v) is 9.72. The summed E-state index contributed by atoms with van der Waals surface area (Å²) in [6.07, 6.45) is -4.85. The molecule has 178 valence electrons. The van der Waals surface area contributed by atoms with Crippen molar-refractivity contribution in [3.63, 3.8) is 0 Å². The number of benzene rings is 1. The van der Waals surface area contributed by atoms with Gasteiger partial charge in [-0.25, -0.2) is 18.2 Å². The summed E-state index contributed by atoms with van der Waals surface area (Å²) in [4.78, 5) is 20.0. The monoisotopic (exact) mass is 474 g/mol. The van der Waals surface area contributed by atoms with Gasteiger partial charge in [-0.2, -0.15) is 13.2 Å². The van der Waals surface area contributed by atoms with Gasteiger partial charge in [-0.15, -0.1) is 0 Å². The fourth-order valence-corrected chi connectivity index (χ4v) is 3.67. The van der Waals surface area contributed by atoms with Crippen molar-refractivity contribution in [2.45, 2.75) is 38.6 Å². The molecular weight excluding hydrogens is 454 g/mol. The van der Waals surface area contributed by atoms with Gasteiger partial charge in [-0.1, -0.05) is 6.92 Å². The summed E-state index contributed by atoms with van der Waals surface area (Å²) >= 11 is 0. The third-order valence-corrected chi connectivity index (χ3v) is 5.65. The molecular formula is C21H20F6N4O2. The Hall–Kier alpha value is -3.31. The van der Waals surface area contributed by atoms with Crippen molar-refractivity contribution in [2.24, 2.45) is 16.6 Å². The van der Waals surface area contributed by atoms with Crippen molar-refractivity contribution < 1.29 is 35.9 Å². The van der Waals surface area contributed by atoms with Crippen LogP contribution in [0.5, 0.6) is 0 Å². The second-order valence-corrected chi connectivity index (χ2v) is 7.78. The van der Waals surface area contributed by atoms with E-state index in [1.54, 1.807) is 6.92 Å². The third kappa shape index (κ3) is 4.46. The van der Waals surface area contributed by atoms with Crippen LogP contribution in [0.3, 0.4) is 0 Å². The minimum atomic E-state index is -4.65. The average Bonchev–Trinajstić information content (AvgIpc) is 2.72. The van der Waals surface area contributed by atoms with Crippen LogP contribution in [-0.4, -0.2) is 29.7 Å². The first-order valence-electron chi connectivity index (χ1n) is 9.72. The number of hydrogen-bond donors (Lipinski definition) is 2. The quantitative estimate of drug-likeness (QED) is 0.640. The summed E-state index contributed by atoms with van der Waals surface area (Å²) in [5.41, 5.74) is 1.42. The molecule has 1 aliphatic heterocycles. The van der Waals surface area contributed by atoms with Crippen LogP contribution in [0, 0.1) is 24.5 Å². The molecule has 0 spiro atoms. The van der Waals surface area contributed by atoms with Gasteiger partial charge < -0.3 is 15.8 Å². The van der Waals surface area contributed by atoms with Gasteiger partial charge in [-0.05, 0) is 31.5 Å². The van der Waals surface area contributed by atoms with Crippen LogP contribution >= 0.6 is 0 Å². The number of carbonyl (C=O) groups is 1. The second-order valence-electron chi connectivity index (χ2n) is 7.78. The predicted molar refractivity (Wildman–Crippen MR) is 107 cm³/mol. The molecule has 0 saturated heterocycles. The zero-order chi connectivity index (χ0) is 24.7. The summed E-state index contributed by atoms with van der Waals surface area (Å²) in [6, 6.07) is 1.99. The standard InChI is InChI=1S/C21H20F6N4O2/c1-9-4-12(21(25,26)27)7-29-17(9)18(32)30-13-5-14(16(24)15(23)6-13)20(8-22)10(2)11(3)33-19(28)31-20/h4-7,10-11H,8H2,1-3H3,(H2,28,31)(H,30,32)/t10-,11?,20-/m1/s1. The summed E-state index contributed by atoms with van der Waals surface area (Å²) in [7, 11) is 0. The van der Waals surface area contributed by atoms with Gasteiger partial charge in [0.25, 0.3) is 11.9 Å². The topological polar surface area (TPSA) is 89.6 Å². The maximum Gasteiger partial charge on any atom is 0.417 e. The SMILES string of the molecule is Cc1cc(C(F)(F)F)cnc1C(=O)Nc1cc(F)c(F)c([C@]2(CF)N=C(N)OC(C)[C@H]2C)c1. The number of hydrogen-bond acceptors (Lipinski definition) is 5. The Balaban J connectivity index is 2.02. The molecule has 0 aliphatic carbocycles. The van der Waals surface area contributed by atoms with Crippen LogP contribution in [0.25, 0.3) is 0 Å². The van der Waals surface area contributed by atoms with Gasteiger partial charge in [0.05, 0.1) is 5.56 Å². The molecule has 0 fully saturated rings. The van der Waals surface area contributed by atoms with Crippen molar-refractivity contribution in [2.75, 3.05) is 12.0 Å². The highest BCUT2D eigenvalue weighted by molar-refractivity contribution is 6.03. The van der Waals surface area contributed by atoms with Crippen LogP contribution in [0.2, 0.25) is 0 Å². The number of nitrogens with one attached hydrogen (secondary N) is 1. The number of aliphatic imine (C=N–C) groups is 1. The van der Waals surface area contributed by atoms with Gasteiger partial charge in [0.15, 0.2) is 11.6 Å². The lowest BCUT2D eigenvalue weighted by Crippen LogP contribution is -2.48. The maximum atomic E-state index is 14.8. The van der Waals surface area contributed by atoms with Crippen molar-refractivity contribution in [3.05, 3.63) is 58.4 Å². The Morgan fingerprint density at radius 3 is 2.48 bits per heavy atom. The molecule has 0 saturated carbocycles. The zero-order valence-electron chi connectivity index (χ0n) is 17.7. The lowest BCUT2D eigenvalue weighted by molar-refractivity contribution is -0.137. The average molecular weight is 474 g/mol. The van der Waals surface area contributed by atoms with E-state index >= 15 is 0 Å². The molecule has 1 aliphatic rings. The largest absolute Gasteiger partial charge is 0.462 e. The lowest BCUT2D eigenvalue weighted by Gasteiger charge is -2.40. The van der Waals surface area contributed by atoms with Crippen LogP contribution in [0.4, 0.5) is 32.0 Å². The van der Waals surface area contributed by atoms with Crippen molar-refractivity contribution in [1.82, 2.24) is 4.98 Å². The van der Waals surface area contributed by atoms with Crippen LogP contribution in [0.15, 0.2) is 29.4 Å². The smallest absolute Gasteiger partial charge is 0.417 e. The number of ether oxygens (including phenoxy) is 1. The van der Waals surface area contributed by atoms with E-state index < -0.39 is 65.1 Å². The summed E-state index contributed by atoms with van der Waals surface area (Å²) in [5.74, 6) is -4.52. The highest BCUT2D eigenvalue weighted by atomic mass is 19.4. The molecule has 3 N–H and O–H groups in total. The highest BCUT2D eigenvalue weighted by Gasteiger charge is 2.47. The molecule has 0 bridgehead atoms. The zero-order valence-corrected chi connectivity index (χ0v) is 17.7. The summed E-state index contributed by atoms with van der Waals surface area (Å²) in [6.45, 7) is 3.10. The van der Waals surface area contributed by atoms with E-state index in [1.807, 2.05) is 0 Å². The van der Waals surface area contributed by atoms with Gasteiger partial charge in [0.2, 0.25) is 0 Å². The van der Waals surface area contributed by atoms with Crippen molar-refractivity contribution >= 4 is 17.6 Å². The fraction of sp³-hybridized carbons (Fsp3) is 0.381. The predicted octanol–water partition coefficient (Wildman–Crippen LogP) is 4.47. The summed E-state index contributed by atoms with van der Waals surface area (Å²) in [5, 5.41) is 2.26. The Kier molecular flexibility index (Phi) is 6.31. The minimum absolute atomic E-state index is 0.0883. The van der Waals surface area contributed by atoms with Crippen molar-refractivity contribution in [1.29, 1.82) is 0 Å². The first kappa shape index (κ1) is 24.3. The van der Waals surface area contributed by atoms with E-state index in [1.165, 1.54) is 13.8 Å². The molecule has 33 heavy (non-hydrogen) atoms. The minimum Gasteiger partial charge on any atom is -0.462 e. The maximum absolute atomic E-state index is 14.8. The van der Waals surface area contributed by atoms with Gasteiger partial charge in [0, 0.05) is 29.4 Å². The van der Waals surface area contributed by atoms with E-state index in [9.17, 15) is 31.1 Å². The number of amidine groups is 1. The Morgan fingerprint density at radius 1 is 1.24 bits per heavy atom. The normalized spacial score (nSPS) is 23.0. The molecule has 3 rings (SSSR count). The molecule has 1 aromatic heterocycles. The number of carbonyl (C=O) groups excluding carboxylic acids is 1. The van der Waals surface area contributed by atoms with Crippen LogP contribution in [0.1, 0.15) is 41.0 Å². The number of nitrogens with zero attached hydrogens (tertiary/aromatic N) is 2. The van der Waals surface area contributed by atoms with E-state index in [-0.39, 0.29) is 16.9 Å². The molecule has 1 unspecified atom stereocenters. The number of aryl methyl sites for hydroxylation is 1. The van der Waals surface area contributed by atoms with Crippen LogP contribution < -0.4 is 11.1 Å². The summed E-state index contributed by atoms with van der Waals surface area (Å²) < 4.78 is 87.2. The molecule has 3 atom stereocenters. The van der Waals surface area contributed by atoms with Crippen LogP contribution in [-0.2, 0) is 16.5 Å². The Labute approximate surface area is 184 Å². The molecule has 6 nitrogen and oxygen atoms in total. The highest BCUT2D eigenvalue weighted by Crippen LogP contribution is 2.42. The molecule has 1 amide bonds. The number of rotatable bonds is 4. The second kappa shape index (κ2) is 8.56. The Morgan fingerprint density at radius 2 is 1.91 bits per heavy atom. The van der Waals surface area contributed by atoms with E-state index in [0.29, 0.717) is 12.3 Å². The van der Waals surface area contributed by atoms with Gasteiger partial charge in [-0.3, -0.25) is 9.78 Å². The number of pyridine rings is 1. The Bertz CT molecular complexity index is 1120. The molecule has 2 aromatic rings. The number of amides is 1.